The van der Waals surface area contributed by atoms with Gasteiger partial charge >= 0.3 is 6.03 Å². The summed E-state index contributed by atoms with van der Waals surface area (Å²) in [6.07, 6.45) is 10.2. The van der Waals surface area contributed by atoms with E-state index in [0.717, 1.165) is 37.2 Å². The van der Waals surface area contributed by atoms with Gasteiger partial charge < -0.3 is 15.5 Å². The minimum Gasteiger partial charge on any atom is -0.348 e. The second-order valence-electron chi connectivity index (χ2n) is 7.38. The highest BCUT2D eigenvalue weighted by Crippen LogP contribution is 2.23. The number of nitrogens with one attached hydrogen (secondary N) is 2. The first kappa shape index (κ1) is 17.8. The molecule has 1 fully saturated rings. The molecule has 144 valence electrons. The third kappa shape index (κ3) is 4.04. The second kappa shape index (κ2) is 7.94. The highest BCUT2D eigenvalue weighted by Gasteiger charge is 2.27. The summed E-state index contributed by atoms with van der Waals surface area (Å²) >= 11 is 0. The molecule has 0 bridgehead atoms. The Kier molecular flexibility index (Phi) is 5.22. The Bertz CT molecular complexity index is 783. The summed E-state index contributed by atoms with van der Waals surface area (Å²) in [6, 6.07) is 2.19. The molecule has 0 saturated heterocycles. The van der Waals surface area contributed by atoms with E-state index in [1.807, 2.05) is 16.6 Å². The Morgan fingerprint density at radius 3 is 2.78 bits per heavy atom. The maximum absolute atomic E-state index is 12.7. The number of hydrogen-bond acceptors (Lipinski definition) is 5. The third-order valence-electron chi connectivity index (χ3n) is 5.53. The minimum atomic E-state index is 0.0612. The Morgan fingerprint density at radius 2 is 2.00 bits per heavy atom. The van der Waals surface area contributed by atoms with E-state index in [1.54, 1.807) is 18.5 Å². The van der Waals surface area contributed by atoms with Crippen molar-refractivity contribution in [3.8, 4) is 0 Å². The highest BCUT2D eigenvalue weighted by atomic mass is 16.2. The third-order valence-corrected chi connectivity index (χ3v) is 5.53. The van der Waals surface area contributed by atoms with Gasteiger partial charge in [-0.2, -0.15) is 5.10 Å². The van der Waals surface area contributed by atoms with Crippen LogP contribution in [-0.2, 0) is 26.6 Å². The topological polar surface area (TPSA) is 88.0 Å². The molecule has 0 atom stereocenters. The molecule has 2 amide bonds. The Morgan fingerprint density at radius 1 is 1.22 bits per heavy atom. The summed E-state index contributed by atoms with van der Waals surface area (Å²) < 4.78 is 1.90. The van der Waals surface area contributed by atoms with Crippen LogP contribution in [0, 0.1) is 0 Å². The van der Waals surface area contributed by atoms with E-state index in [2.05, 4.69) is 25.7 Å². The molecule has 0 radical (unpaired) electrons. The van der Waals surface area contributed by atoms with Crippen LogP contribution in [0.25, 0.3) is 0 Å². The molecule has 0 spiro atoms. The number of amides is 2. The van der Waals surface area contributed by atoms with Gasteiger partial charge in [-0.15, -0.1) is 0 Å². The number of aromatic nitrogens is 4. The molecule has 1 aliphatic heterocycles. The monoisotopic (exact) mass is 369 g/mol. The Hall–Kier alpha value is -2.64. The number of anilines is 1. The molecule has 2 aromatic rings. The van der Waals surface area contributed by atoms with Crippen molar-refractivity contribution in [1.82, 2.24) is 30.0 Å². The molecular formula is C19H27N7O. The van der Waals surface area contributed by atoms with E-state index in [4.69, 9.17) is 0 Å². The number of carbonyl (C=O) groups is 1. The Balaban J connectivity index is 1.39. The molecule has 2 aromatic heterocycles. The fourth-order valence-corrected chi connectivity index (χ4v) is 4.04. The van der Waals surface area contributed by atoms with Crippen molar-refractivity contribution in [1.29, 1.82) is 0 Å². The number of aryl methyl sites for hydroxylation is 1. The lowest BCUT2D eigenvalue weighted by Gasteiger charge is -2.31. The lowest BCUT2D eigenvalue weighted by molar-refractivity contribution is 0.183. The first-order valence-corrected chi connectivity index (χ1v) is 9.80. The van der Waals surface area contributed by atoms with E-state index in [1.165, 1.54) is 24.8 Å². The van der Waals surface area contributed by atoms with Gasteiger partial charge in [-0.3, -0.25) is 4.68 Å². The second-order valence-corrected chi connectivity index (χ2v) is 7.38. The number of rotatable bonds is 4. The van der Waals surface area contributed by atoms with Crippen molar-refractivity contribution in [2.24, 2.45) is 7.05 Å². The molecule has 1 saturated carbocycles. The molecule has 0 unspecified atom stereocenters. The van der Waals surface area contributed by atoms with Crippen LogP contribution in [0.1, 0.15) is 49.1 Å². The van der Waals surface area contributed by atoms with Crippen molar-refractivity contribution >= 4 is 12.0 Å². The molecular weight excluding hydrogens is 342 g/mol. The summed E-state index contributed by atoms with van der Waals surface area (Å²) in [7, 11) is 1.95. The molecule has 1 aliphatic carbocycles. The minimum absolute atomic E-state index is 0.0612. The van der Waals surface area contributed by atoms with Gasteiger partial charge in [0.1, 0.15) is 0 Å². The molecule has 8 nitrogen and oxygen atoms in total. The molecule has 0 aromatic carbocycles. The fraction of sp³-hybridized carbons (Fsp3) is 0.579. The average molecular weight is 369 g/mol. The van der Waals surface area contributed by atoms with Gasteiger partial charge in [0.05, 0.1) is 24.5 Å². The predicted octanol–water partition coefficient (Wildman–Crippen LogP) is 2.22. The van der Waals surface area contributed by atoms with Crippen LogP contribution in [-0.4, -0.2) is 43.3 Å². The molecule has 2 N–H and O–H groups in total. The first-order chi connectivity index (χ1) is 13.2. The normalized spacial score (nSPS) is 17.4. The van der Waals surface area contributed by atoms with Crippen LogP contribution in [0.3, 0.4) is 0 Å². The number of hydrogen-bond donors (Lipinski definition) is 2. The van der Waals surface area contributed by atoms with Gasteiger partial charge in [-0.25, -0.2) is 14.8 Å². The maximum atomic E-state index is 12.7. The van der Waals surface area contributed by atoms with Crippen molar-refractivity contribution in [2.45, 2.75) is 57.7 Å². The van der Waals surface area contributed by atoms with E-state index in [-0.39, 0.29) is 6.03 Å². The van der Waals surface area contributed by atoms with Gasteiger partial charge in [0.25, 0.3) is 0 Å². The van der Waals surface area contributed by atoms with Crippen LogP contribution in [0.15, 0.2) is 18.5 Å². The quantitative estimate of drug-likeness (QED) is 0.863. The Labute approximate surface area is 159 Å². The lowest BCUT2D eigenvalue weighted by atomic mass is 9.95. The molecule has 3 heterocycles. The fourth-order valence-electron chi connectivity index (χ4n) is 4.04. The van der Waals surface area contributed by atoms with E-state index in [0.29, 0.717) is 25.1 Å². The average Bonchev–Trinajstić information content (AvgIpc) is 3.03. The van der Waals surface area contributed by atoms with Crippen molar-refractivity contribution in [2.75, 3.05) is 11.9 Å². The van der Waals surface area contributed by atoms with Gasteiger partial charge in [-0.1, -0.05) is 19.3 Å². The van der Waals surface area contributed by atoms with E-state index < -0.39 is 0 Å². The summed E-state index contributed by atoms with van der Waals surface area (Å²) in [4.78, 5) is 22.9. The van der Waals surface area contributed by atoms with Crippen molar-refractivity contribution in [3.05, 3.63) is 35.4 Å². The zero-order chi connectivity index (χ0) is 18.6. The SMILES string of the molecule is Cn1nc(CNc2ncccn2)c2c1CN(C(=O)NC1CCCCC1)CC2. The first-order valence-electron chi connectivity index (χ1n) is 9.80. The largest absolute Gasteiger partial charge is 0.348 e. The number of urea groups is 1. The van der Waals surface area contributed by atoms with Crippen LogP contribution in [0.4, 0.5) is 10.7 Å². The predicted molar refractivity (Wildman–Crippen MR) is 102 cm³/mol. The van der Waals surface area contributed by atoms with Crippen molar-refractivity contribution < 1.29 is 4.79 Å². The number of fused-ring (bicyclic) bond motifs is 1. The van der Waals surface area contributed by atoms with Crippen LogP contribution in [0.2, 0.25) is 0 Å². The molecule has 8 heteroatoms. The summed E-state index contributed by atoms with van der Waals surface area (Å²) in [5.74, 6) is 0.598. The van der Waals surface area contributed by atoms with Gasteiger partial charge in [0.2, 0.25) is 5.95 Å². The molecule has 4 rings (SSSR count). The van der Waals surface area contributed by atoms with Crippen LogP contribution >= 0.6 is 0 Å². The summed E-state index contributed by atoms with van der Waals surface area (Å²) in [6.45, 7) is 1.92. The van der Waals surface area contributed by atoms with Gasteiger partial charge in [0.15, 0.2) is 0 Å². The van der Waals surface area contributed by atoms with E-state index in [9.17, 15) is 4.79 Å². The standard InChI is InChI=1S/C19H27N7O/c1-25-17-13-26(19(27)23-14-6-3-2-4-7-14)11-8-15(17)16(24-25)12-22-18-20-9-5-10-21-18/h5,9-10,14H,2-4,6-8,11-13H2,1H3,(H,23,27)(H,20,21,22). The van der Waals surface area contributed by atoms with Gasteiger partial charge in [-0.05, 0) is 25.3 Å². The highest BCUT2D eigenvalue weighted by molar-refractivity contribution is 5.74. The zero-order valence-corrected chi connectivity index (χ0v) is 15.8. The lowest BCUT2D eigenvalue weighted by Crippen LogP contribution is -2.47. The van der Waals surface area contributed by atoms with Gasteiger partial charge in [0, 0.05) is 37.6 Å². The zero-order valence-electron chi connectivity index (χ0n) is 15.8. The maximum Gasteiger partial charge on any atom is 0.317 e. The summed E-state index contributed by atoms with van der Waals surface area (Å²) in [5.41, 5.74) is 3.36. The summed E-state index contributed by atoms with van der Waals surface area (Å²) in [5, 5.41) is 11.1. The van der Waals surface area contributed by atoms with Crippen molar-refractivity contribution in [3.63, 3.8) is 0 Å². The molecule has 27 heavy (non-hydrogen) atoms. The van der Waals surface area contributed by atoms with E-state index >= 15 is 0 Å². The van der Waals surface area contributed by atoms with Crippen LogP contribution in [0.5, 0.6) is 0 Å². The smallest absolute Gasteiger partial charge is 0.317 e. The molecule has 2 aliphatic rings. The number of nitrogens with zero attached hydrogens (tertiary/aromatic N) is 5. The number of carbonyl (C=O) groups excluding carboxylic acids is 1. The van der Waals surface area contributed by atoms with Crippen LogP contribution < -0.4 is 10.6 Å².